The van der Waals surface area contributed by atoms with E-state index < -0.39 is 15.8 Å². The number of hydrogen-bond acceptors (Lipinski definition) is 3. The monoisotopic (exact) mass is 348 g/mol. The van der Waals surface area contributed by atoms with Crippen LogP contribution in [0.5, 0.6) is 0 Å². The molecule has 1 fully saturated rings. The molecule has 1 aliphatic heterocycles. The molecule has 0 aromatic heterocycles. The quantitative estimate of drug-likeness (QED) is 0.853. The summed E-state index contributed by atoms with van der Waals surface area (Å²) in [4.78, 5) is 2.41. The molecule has 2 aromatic rings. The molecule has 0 N–H and O–H groups in total. The molecular formula is C18H21FN2O2S. The van der Waals surface area contributed by atoms with Gasteiger partial charge in [0.05, 0.1) is 4.90 Å². The summed E-state index contributed by atoms with van der Waals surface area (Å²) in [6.07, 6.45) is 0. The maximum atomic E-state index is 13.0. The predicted octanol–water partition coefficient (Wildman–Crippen LogP) is 2.72. The highest BCUT2D eigenvalue weighted by Gasteiger charge is 2.33. The Hall–Kier alpha value is -1.76. The minimum Gasteiger partial charge on any atom is -0.296 e. The Bertz CT molecular complexity index is 778. The molecule has 24 heavy (non-hydrogen) atoms. The molecule has 6 heteroatoms. The minimum absolute atomic E-state index is 0.127. The SMILES string of the molecule is C[C@@H]1CN(Cc2ccccc2)CCN1S(=O)(=O)c1ccc(F)cc1. The summed E-state index contributed by atoms with van der Waals surface area (Å²) in [6, 6.07) is 15.0. The normalized spacial score (nSPS) is 20.2. The van der Waals surface area contributed by atoms with Gasteiger partial charge >= 0.3 is 0 Å². The van der Waals surface area contributed by atoms with Crippen LogP contribution in [-0.2, 0) is 16.6 Å². The van der Waals surface area contributed by atoms with Gasteiger partial charge in [-0.15, -0.1) is 0 Å². The van der Waals surface area contributed by atoms with Gasteiger partial charge in [-0.05, 0) is 36.8 Å². The van der Waals surface area contributed by atoms with Crippen LogP contribution in [0.15, 0.2) is 59.5 Å². The van der Waals surface area contributed by atoms with Crippen molar-refractivity contribution in [2.24, 2.45) is 0 Å². The van der Waals surface area contributed by atoms with Gasteiger partial charge in [0.1, 0.15) is 5.82 Å². The van der Waals surface area contributed by atoms with E-state index in [4.69, 9.17) is 0 Å². The second kappa shape index (κ2) is 7.01. The standard InChI is InChI=1S/C18H21FN2O2S/c1-15-13-20(14-16-5-3-2-4-6-16)11-12-21(15)24(22,23)18-9-7-17(19)8-10-18/h2-10,15H,11-14H2,1H3/t15-/m1/s1. The lowest BCUT2D eigenvalue weighted by molar-refractivity contribution is 0.138. The number of nitrogens with zero attached hydrogens (tertiary/aromatic N) is 2. The molecule has 0 aliphatic carbocycles. The Morgan fingerprint density at radius 1 is 1.04 bits per heavy atom. The first-order valence-electron chi connectivity index (χ1n) is 8.00. The molecule has 0 bridgehead atoms. The average molecular weight is 348 g/mol. The minimum atomic E-state index is -3.58. The van der Waals surface area contributed by atoms with E-state index in [0.717, 1.165) is 6.54 Å². The van der Waals surface area contributed by atoms with Crippen molar-refractivity contribution >= 4 is 10.0 Å². The topological polar surface area (TPSA) is 40.6 Å². The van der Waals surface area contributed by atoms with E-state index in [1.165, 1.54) is 34.1 Å². The number of piperazine rings is 1. The van der Waals surface area contributed by atoms with Crippen LogP contribution in [0.1, 0.15) is 12.5 Å². The lowest BCUT2D eigenvalue weighted by Crippen LogP contribution is -2.53. The largest absolute Gasteiger partial charge is 0.296 e. The molecule has 1 aliphatic rings. The zero-order chi connectivity index (χ0) is 17.2. The van der Waals surface area contributed by atoms with Crippen molar-refractivity contribution in [3.8, 4) is 0 Å². The van der Waals surface area contributed by atoms with E-state index in [9.17, 15) is 12.8 Å². The van der Waals surface area contributed by atoms with Gasteiger partial charge in [-0.2, -0.15) is 4.31 Å². The maximum absolute atomic E-state index is 13.0. The molecule has 3 rings (SSSR count). The molecule has 0 saturated carbocycles. The molecule has 1 atom stereocenters. The summed E-state index contributed by atoms with van der Waals surface area (Å²) in [5.41, 5.74) is 1.22. The summed E-state index contributed by atoms with van der Waals surface area (Å²) in [5, 5.41) is 0. The van der Waals surface area contributed by atoms with Gasteiger partial charge in [-0.1, -0.05) is 30.3 Å². The fraction of sp³-hybridized carbons (Fsp3) is 0.333. The lowest BCUT2D eigenvalue weighted by Gasteiger charge is -2.39. The summed E-state index contributed by atoms with van der Waals surface area (Å²) >= 11 is 0. The van der Waals surface area contributed by atoms with Crippen molar-refractivity contribution in [3.05, 3.63) is 66.0 Å². The second-order valence-electron chi connectivity index (χ2n) is 6.14. The van der Waals surface area contributed by atoms with Crippen molar-refractivity contribution in [1.82, 2.24) is 9.21 Å². The molecule has 0 radical (unpaired) electrons. The highest BCUT2D eigenvalue weighted by Crippen LogP contribution is 2.22. The van der Waals surface area contributed by atoms with Crippen LogP contribution < -0.4 is 0 Å². The zero-order valence-electron chi connectivity index (χ0n) is 13.6. The number of halogens is 1. The Labute approximate surface area is 142 Å². The van der Waals surface area contributed by atoms with Gasteiger partial charge in [0.25, 0.3) is 0 Å². The first kappa shape index (κ1) is 17.1. The van der Waals surface area contributed by atoms with Gasteiger partial charge in [-0.3, -0.25) is 4.90 Å². The molecule has 1 heterocycles. The molecule has 4 nitrogen and oxygen atoms in total. The molecule has 1 saturated heterocycles. The number of rotatable bonds is 4. The van der Waals surface area contributed by atoms with Crippen LogP contribution in [0.3, 0.4) is 0 Å². The van der Waals surface area contributed by atoms with E-state index in [2.05, 4.69) is 17.0 Å². The van der Waals surface area contributed by atoms with Gasteiger partial charge in [-0.25, -0.2) is 12.8 Å². The summed E-state index contributed by atoms with van der Waals surface area (Å²) < 4.78 is 40.1. The maximum Gasteiger partial charge on any atom is 0.243 e. The summed E-state index contributed by atoms with van der Waals surface area (Å²) in [7, 11) is -3.58. The van der Waals surface area contributed by atoms with E-state index >= 15 is 0 Å². The predicted molar refractivity (Wildman–Crippen MR) is 91.5 cm³/mol. The van der Waals surface area contributed by atoms with Crippen molar-refractivity contribution in [2.75, 3.05) is 19.6 Å². The fourth-order valence-corrected chi connectivity index (χ4v) is 4.71. The Balaban J connectivity index is 1.70. The van der Waals surface area contributed by atoms with Gasteiger partial charge in [0, 0.05) is 32.2 Å². The third kappa shape index (κ3) is 3.66. The number of sulfonamides is 1. The van der Waals surface area contributed by atoms with Crippen LogP contribution in [0.2, 0.25) is 0 Å². The molecule has 0 unspecified atom stereocenters. The highest BCUT2D eigenvalue weighted by atomic mass is 32.2. The molecule has 128 valence electrons. The number of benzene rings is 2. The van der Waals surface area contributed by atoms with Crippen LogP contribution in [-0.4, -0.2) is 43.3 Å². The Morgan fingerprint density at radius 3 is 2.33 bits per heavy atom. The molecule has 0 amide bonds. The van der Waals surface area contributed by atoms with Crippen molar-refractivity contribution in [3.63, 3.8) is 0 Å². The smallest absolute Gasteiger partial charge is 0.243 e. The summed E-state index contributed by atoms with van der Waals surface area (Å²) in [5.74, 6) is -0.435. The van der Waals surface area contributed by atoms with E-state index in [1.54, 1.807) is 0 Å². The fourth-order valence-electron chi connectivity index (χ4n) is 3.10. The molecule has 0 spiro atoms. The van der Waals surface area contributed by atoms with Crippen molar-refractivity contribution < 1.29 is 12.8 Å². The Kier molecular flexibility index (Phi) is 4.99. The van der Waals surface area contributed by atoms with E-state index in [1.807, 2.05) is 25.1 Å². The van der Waals surface area contributed by atoms with Crippen LogP contribution in [0.4, 0.5) is 4.39 Å². The van der Waals surface area contributed by atoms with Gasteiger partial charge < -0.3 is 0 Å². The molecule has 2 aromatic carbocycles. The van der Waals surface area contributed by atoms with E-state index in [-0.39, 0.29) is 10.9 Å². The first-order chi connectivity index (χ1) is 11.5. The average Bonchev–Trinajstić information content (AvgIpc) is 2.56. The number of hydrogen-bond donors (Lipinski definition) is 0. The van der Waals surface area contributed by atoms with Crippen molar-refractivity contribution in [2.45, 2.75) is 24.4 Å². The summed E-state index contributed by atoms with van der Waals surface area (Å²) in [6.45, 7) is 4.52. The third-order valence-electron chi connectivity index (χ3n) is 4.32. The van der Waals surface area contributed by atoms with Gasteiger partial charge in [0.2, 0.25) is 10.0 Å². The highest BCUT2D eigenvalue weighted by molar-refractivity contribution is 7.89. The van der Waals surface area contributed by atoms with Crippen LogP contribution in [0.25, 0.3) is 0 Å². The first-order valence-corrected chi connectivity index (χ1v) is 9.44. The second-order valence-corrected chi connectivity index (χ2v) is 8.03. The molecular weight excluding hydrogens is 327 g/mol. The third-order valence-corrected chi connectivity index (χ3v) is 6.35. The van der Waals surface area contributed by atoms with Crippen molar-refractivity contribution in [1.29, 1.82) is 0 Å². The zero-order valence-corrected chi connectivity index (χ0v) is 14.4. The van der Waals surface area contributed by atoms with E-state index in [0.29, 0.717) is 19.6 Å². The Morgan fingerprint density at radius 2 is 1.71 bits per heavy atom. The van der Waals surface area contributed by atoms with Gasteiger partial charge in [0.15, 0.2) is 0 Å². The van der Waals surface area contributed by atoms with Crippen LogP contribution in [0, 0.1) is 5.82 Å². The van der Waals surface area contributed by atoms with Crippen LogP contribution >= 0.6 is 0 Å². The lowest BCUT2D eigenvalue weighted by atomic mass is 10.1.